The Morgan fingerprint density at radius 2 is 1.65 bits per heavy atom. The molecule has 0 spiro atoms. The van der Waals surface area contributed by atoms with Crippen molar-refractivity contribution < 1.29 is 24.2 Å². The zero-order valence-corrected chi connectivity index (χ0v) is 19.7. The average molecular weight is 465 g/mol. The van der Waals surface area contributed by atoms with Gasteiger partial charge in [-0.05, 0) is 47.4 Å². The molecule has 0 aliphatic heterocycles. The molecule has 1 unspecified atom stereocenters. The standard InChI is InChI=1S/C27H32N2O5/c1-3-17(2)24(25(32)29-27(13-8-14-27)15-23(30)31)28-26(33)34-16-22-20-11-6-4-9-18(20)19-10-5-7-12-21(19)22/h4-7,9-12,17,22,24H,3,8,13-16H2,1-2H3,(H,28,33)(H,29,32)(H,30,31)/t17?,24-/m0/s1. The summed E-state index contributed by atoms with van der Waals surface area (Å²) in [5.41, 5.74) is 3.81. The van der Waals surface area contributed by atoms with Gasteiger partial charge in [-0.1, -0.05) is 68.8 Å². The smallest absolute Gasteiger partial charge is 0.407 e. The highest BCUT2D eigenvalue weighted by molar-refractivity contribution is 5.87. The monoisotopic (exact) mass is 464 g/mol. The maximum absolute atomic E-state index is 13.1. The minimum atomic E-state index is -0.940. The van der Waals surface area contributed by atoms with E-state index in [1.165, 1.54) is 0 Å². The summed E-state index contributed by atoms with van der Waals surface area (Å²) in [4.78, 5) is 37.1. The van der Waals surface area contributed by atoms with Gasteiger partial charge in [0.1, 0.15) is 12.6 Å². The summed E-state index contributed by atoms with van der Waals surface area (Å²) in [5, 5.41) is 14.9. The molecule has 4 rings (SSSR count). The number of carbonyl (C=O) groups is 3. The minimum Gasteiger partial charge on any atom is -0.481 e. The van der Waals surface area contributed by atoms with Crippen LogP contribution in [0, 0.1) is 5.92 Å². The number of amides is 2. The predicted molar refractivity (Wildman–Crippen MR) is 128 cm³/mol. The molecule has 2 aliphatic carbocycles. The number of benzene rings is 2. The molecule has 0 heterocycles. The molecule has 3 N–H and O–H groups in total. The van der Waals surface area contributed by atoms with Crippen molar-refractivity contribution in [2.75, 3.05) is 6.61 Å². The number of fused-ring (bicyclic) bond motifs is 3. The van der Waals surface area contributed by atoms with Crippen molar-refractivity contribution in [3.05, 3.63) is 59.7 Å². The lowest BCUT2D eigenvalue weighted by Gasteiger charge is -2.42. The molecule has 0 radical (unpaired) electrons. The van der Waals surface area contributed by atoms with E-state index < -0.39 is 23.6 Å². The third-order valence-corrected chi connectivity index (χ3v) is 7.30. The first kappa shape index (κ1) is 23.8. The zero-order chi connectivity index (χ0) is 24.3. The van der Waals surface area contributed by atoms with Crippen LogP contribution in [0.3, 0.4) is 0 Å². The molecule has 0 aromatic heterocycles. The Kier molecular flexibility index (Phi) is 6.91. The largest absolute Gasteiger partial charge is 0.481 e. The van der Waals surface area contributed by atoms with Gasteiger partial charge in [-0.2, -0.15) is 0 Å². The van der Waals surface area contributed by atoms with Crippen LogP contribution in [0.25, 0.3) is 11.1 Å². The quantitative estimate of drug-likeness (QED) is 0.508. The second-order valence-electron chi connectivity index (χ2n) is 9.53. The van der Waals surface area contributed by atoms with Crippen molar-refractivity contribution in [1.29, 1.82) is 0 Å². The highest BCUT2D eigenvalue weighted by Crippen LogP contribution is 2.44. The van der Waals surface area contributed by atoms with Gasteiger partial charge in [0.2, 0.25) is 5.91 Å². The summed E-state index contributed by atoms with van der Waals surface area (Å²) in [6, 6.07) is 15.4. The van der Waals surface area contributed by atoms with Crippen LogP contribution in [0.4, 0.5) is 4.79 Å². The van der Waals surface area contributed by atoms with Gasteiger partial charge in [0.15, 0.2) is 0 Å². The molecular weight excluding hydrogens is 432 g/mol. The predicted octanol–water partition coefficient (Wildman–Crippen LogP) is 4.45. The summed E-state index contributed by atoms with van der Waals surface area (Å²) in [6.45, 7) is 4.00. The molecule has 7 nitrogen and oxygen atoms in total. The molecule has 1 saturated carbocycles. The summed E-state index contributed by atoms with van der Waals surface area (Å²) in [5.74, 6) is -1.50. The van der Waals surface area contributed by atoms with E-state index in [-0.39, 0.29) is 30.8 Å². The first-order valence-electron chi connectivity index (χ1n) is 12.0. The average Bonchev–Trinajstić information content (AvgIpc) is 3.12. The molecule has 2 amide bonds. The fraction of sp³-hybridized carbons (Fsp3) is 0.444. The Hall–Kier alpha value is -3.35. The highest BCUT2D eigenvalue weighted by atomic mass is 16.5. The number of carbonyl (C=O) groups excluding carboxylic acids is 2. The van der Waals surface area contributed by atoms with E-state index in [0.717, 1.165) is 28.7 Å². The van der Waals surface area contributed by atoms with E-state index in [4.69, 9.17) is 4.74 Å². The number of nitrogens with one attached hydrogen (secondary N) is 2. The summed E-state index contributed by atoms with van der Waals surface area (Å²) >= 11 is 0. The van der Waals surface area contributed by atoms with Crippen LogP contribution in [0.1, 0.15) is 63.0 Å². The van der Waals surface area contributed by atoms with Crippen molar-refractivity contribution >= 4 is 18.0 Å². The fourth-order valence-electron chi connectivity index (χ4n) is 5.05. The van der Waals surface area contributed by atoms with Crippen LogP contribution in [0.5, 0.6) is 0 Å². The van der Waals surface area contributed by atoms with Gasteiger partial charge in [-0.25, -0.2) is 4.79 Å². The van der Waals surface area contributed by atoms with E-state index in [0.29, 0.717) is 19.3 Å². The molecule has 34 heavy (non-hydrogen) atoms. The van der Waals surface area contributed by atoms with Crippen molar-refractivity contribution in [3.63, 3.8) is 0 Å². The number of hydrogen-bond acceptors (Lipinski definition) is 4. The number of carboxylic acid groups (broad SMARTS) is 1. The number of carboxylic acids is 1. The van der Waals surface area contributed by atoms with Crippen molar-refractivity contribution in [2.45, 2.75) is 63.5 Å². The second kappa shape index (κ2) is 9.87. The van der Waals surface area contributed by atoms with E-state index in [2.05, 4.69) is 34.9 Å². The van der Waals surface area contributed by atoms with Crippen LogP contribution in [-0.4, -0.2) is 41.3 Å². The van der Waals surface area contributed by atoms with E-state index >= 15 is 0 Å². The van der Waals surface area contributed by atoms with Crippen molar-refractivity contribution in [1.82, 2.24) is 10.6 Å². The SMILES string of the molecule is CCC(C)[C@H](NC(=O)OCC1c2ccccc2-c2ccccc21)C(=O)NC1(CC(=O)O)CCC1. The Morgan fingerprint density at radius 1 is 1.06 bits per heavy atom. The van der Waals surface area contributed by atoms with Gasteiger partial charge >= 0.3 is 12.1 Å². The number of aliphatic carboxylic acids is 1. The van der Waals surface area contributed by atoms with E-state index in [1.807, 2.05) is 38.1 Å². The maximum atomic E-state index is 13.1. The highest BCUT2D eigenvalue weighted by Gasteiger charge is 2.42. The first-order chi connectivity index (χ1) is 16.3. The lowest BCUT2D eigenvalue weighted by molar-refractivity contribution is -0.140. The van der Waals surface area contributed by atoms with Crippen molar-refractivity contribution in [2.24, 2.45) is 5.92 Å². The molecule has 0 saturated heterocycles. The Balaban J connectivity index is 1.42. The molecule has 2 aromatic rings. The zero-order valence-electron chi connectivity index (χ0n) is 19.7. The Morgan fingerprint density at radius 3 is 2.15 bits per heavy atom. The second-order valence-corrected chi connectivity index (χ2v) is 9.53. The third-order valence-electron chi connectivity index (χ3n) is 7.30. The lowest BCUT2D eigenvalue weighted by Crippen LogP contribution is -2.60. The first-order valence-corrected chi connectivity index (χ1v) is 12.0. The Bertz CT molecular complexity index is 1030. The molecule has 2 atom stereocenters. The third kappa shape index (κ3) is 4.79. The maximum Gasteiger partial charge on any atom is 0.407 e. The van der Waals surface area contributed by atoms with Crippen LogP contribution in [0.2, 0.25) is 0 Å². The van der Waals surface area contributed by atoms with Crippen LogP contribution >= 0.6 is 0 Å². The van der Waals surface area contributed by atoms with E-state index in [1.54, 1.807) is 0 Å². The normalized spacial score (nSPS) is 17.5. The number of rotatable bonds is 9. The number of ether oxygens (including phenoxy) is 1. The molecule has 7 heteroatoms. The molecule has 1 fully saturated rings. The molecule has 180 valence electrons. The molecule has 2 aromatic carbocycles. The lowest BCUT2D eigenvalue weighted by atomic mass is 9.74. The van der Waals surface area contributed by atoms with Gasteiger partial charge < -0.3 is 20.5 Å². The number of alkyl carbamates (subject to hydrolysis) is 1. The van der Waals surface area contributed by atoms with Gasteiger partial charge in [-0.3, -0.25) is 9.59 Å². The van der Waals surface area contributed by atoms with Crippen LogP contribution in [0.15, 0.2) is 48.5 Å². The van der Waals surface area contributed by atoms with Gasteiger partial charge in [0.25, 0.3) is 0 Å². The van der Waals surface area contributed by atoms with E-state index in [9.17, 15) is 19.5 Å². The minimum absolute atomic E-state index is 0.0668. The summed E-state index contributed by atoms with van der Waals surface area (Å²) in [7, 11) is 0. The summed E-state index contributed by atoms with van der Waals surface area (Å²) < 4.78 is 5.63. The molecular formula is C27H32N2O5. The van der Waals surface area contributed by atoms with Gasteiger partial charge in [-0.15, -0.1) is 0 Å². The fourth-order valence-corrected chi connectivity index (χ4v) is 5.05. The molecule has 0 bridgehead atoms. The number of hydrogen-bond donors (Lipinski definition) is 3. The summed E-state index contributed by atoms with van der Waals surface area (Å²) in [6.07, 6.45) is 2.04. The van der Waals surface area contributed by atoms with Gasteiger partial charge in [0, 0.05) is 5.92 Å². The van der Waals surface area contributed by atoms with Crippen molar-refractivity contribution in [3.8, 4) is 11.1 Å². The topological polar surface area (TPSA) is 105 Å². The molecule has 2 aliphatic rings. The van der Waals surface area contributed by atoms with Crippen LogP contribution in [-0.2, 0) is 14.3 Å². The van der Waals surface area contributed by atoms with Crippen LogP contribution < -0.4 is 10.6 Å². The Labute approximate surface area is 199 Å². The van der Waals surface area contributed by atoms with Gasteiger partial charge in [0.05, 0.1) is 12.0 Å².